The molecule has 0 aromatic heterocycles. The average molecular weight is 372 g/mol. The molecule has 1 aromatic rings. The van der Waals surface area contributed by atoms with Crippen LogP contribution in [-0.2, 0) is 9.59 Å². The molecule has 1 heterocycles. The number of rotatable bonds is 3. The fourth-order valence-electron chi connectivity index (χ4n) is 3.51. The van der Waals surface area contributed by atoms with Gasteiger partial charge in [0.15, 0.2) is 0 Å². The number of carbonyl (C=O) groups is 2. The van der Waals surface area contributed by atoms with E-state index in [1.807, 2.05) is 18.2 Å². The highest BCUT2D eigenvalue weighted by Gasteiger charge is 2.36. The molecule has 132 valence electrons. The van der Waals surface area contributed by atoms with Crippen molar-refractivity contribution < 1.29 is 9.59 Å². The number of carbonyl (C=O) groups excluding carboxylic acids is 2. The Hall–Kier alpha value is -1.30. The first-order valence-electron chi connectivity index (χ1n) is 8.20. The van der Waals surface area contributed by atoms with E-state index >= 15 is 0 Å². The second kappa shape index (κ2) is 8.19. The third-order valence-electron chi connectivity index (χ3n) is 4.80. The summed E-state index contributed by atoms with van der Waals surface area (Å²) in [6.07, 6.45) is 4.15. The number of nitrogens with two attached hydrogens (primary N) is 1. The summed E-state index contributed by atoms with van der Waals surface area (Å²) in [4.78, 5) is 26.8. The van der Waals surface area contributed by atoms with Crippen LogP contribution >= 0.6 is 24.0 Å². The lowest BCUT2D eigenvalue weighted by Gasteiger charge is -2.33. The van der Waals surface area contributed by atoms with Crippen molar-refractivity contribution in [2.75, 3.05) is 11.4 Å². The minimum Gasteiger partial charge on any atom is -0.344 e. The summed E-state index contributed by atoms with van der Waals surface area (Å²) >= 11 is 6.20. The first-order chi connectivity index (χ1) is 11.1. The van der Waals surface area contributed by atoms with Gasteiger partial charge in [0.25, 0.3) is 0 Å². The minimum absolute atomic E-state index is 0. The van der Waals surface area contributed by atoms with E-state index < -0.39 is 6.04 Å². The normalized spacial score (nSPS) is 26.8. The Morgan fingerprint density at radius 1 is 1.21 bits per heavy atom. The number of benzene rings is 1. The number of nitrogens with one attached hydrogen (secondary N) is 1. The highest BCUT2D eigenvalue weighted by molar-refractivity contribution is 6.33. The van der Waals surface area contributed by atoms with Gasteiger partial charge in [0.05, 0.1) is 16.6 Å². The van der Waals surface area contributed by atoms with Gasteiger partial charge < -0.3 is 16.0 Å². The molecular formula is C17H23Cl2N3O2. The first-order valence-corrected chi connectivity index (χ1v) is 8.57. The SMILES string of the molecule is Cl.NC1CCCC1C(=O)NC1CCCN(c2ccccc2Cl)C1=O. The summed E-state index contributed by atoms with van der Waals surface area (Å²) in [7, 11) is 0. The molecule has 7 heteroatoms. The van der Waals surface area contributed by atoms with Crippen molar-refractivity contribution in [2.45, 2.75) is 44.2 Å². The Morgan fingerprint density at radius 3 is 2.62 bits per heavy atom. The molecular weight excluding hydrogens is 349 g/mol. The van der Waals surface area contributed by atoms with E-state index in [-0.39, 0.29) is 36.2 Å². The summed E-state index contributed by atoms with van der Waals surface area (Å²) in [5.41, 5.74) is 6.69. The fraction of sp³-hybridized carbons (Fsp3) is 0.529. The number of para-hydroxylation sites is 1. The summed E-state index contributed by atoms with van der Waals surface area (Å²) in [5, 5.41) is 3.45. The van der Waals surface area contributed by atoms with Gasteiger partial charge in [-0.1, -0.05) is 30.2 Å². The van der Waals surface area contributed by atoms with Crippen molar-refractivity contribution in [1.82, 2.24) is 5.32 Å². The fourth-order valence-corrected chi connectivity index (χ4v) is 3.75. The van der Waals surface area contributed by atoms with Crippen molar-refractivity contribution in [2.24, 2.45) is 11.7 Å². The van der Waals surface area contributed by atoms with Crippen LogP contribution in [0.5, 0.6) is 0 Å². The van der Waals surface area contributed by atoms with Gasteiger partial charge >= 0.3 is 0 Å². The van der Waals surface area contributed by atoms with E-state index in [2.05, 4.69) is 5.32 Å². The average Bonchev–Trinajstić information content (AvgIpc) is 2.96. The van der Waals surface area contributed by atoms with Crippen LogP contribution in [0.1, 0.15) is 32.1 Å². The molecule has 0 radical (unpaired) electrons. The second-order valence-corrected chi connectivity index (χ2v) is 6.75. The van der Waals surface area contributed by atoms with Crippen LogP contribution in [0, 0.1) is 5.92 Å². The van der Waals surface area contributed by atoms with Gasteiger partial charge in [-0.2, -0.15) is 0 Å². The number of piperidine rings is 1. The summed E-state index contributed by atoms with van der Waals surface area (Å²) in [5.74, 6) is -0.350. The monoisotopic (exact) mass is 371 g/mol. The third kappa shape index (κ3) is 3.85. The summed E-state index contributed by atoms with van der Waals surface area (Å²) in [6, 6.07) is 6.71. The van der Waals surface area contributed by atoms with Gasteiger partial charge in [0, 0.05) is 12.6 Å². The number of hydrogen-bond donors (Lipinski definition) is 2. The van der Waals surface area contributed by atoms with Gasteiger partial charge in [-0.15, -0.1) is 12.4 Å². The van der Waals surface area contributed by atoms with E-state index in [1.54, 1.807) is 11.0 Å². The molecule has 24 heavy (non-hydrogen) atoms. The maximum absolute atomic E-state index is 12.7. The molecule has 2 amide bonds. The van der Waals surface area contributed by atoms with Gasteiger partial charge in [-0.3, -0.25) is 9.59 Å². The van der Waals surface area contributed by atoms with Crippen LogP contribution < -0.4 is 16.0 Å². The quantitative estimate of drug-likeness (QED) is 0.856. The molecule has 2 aliphatic rings. The molecule has 3 rings (SSSR count). The molecule has 3 unspecified atom stereocenters. The van der Waals surface area contributed by atoms with Gasteiger partial charge in [-0.05, 0) is 37.8 Å². The Kier molecular flexibility index (Phi) is 6.49. The molecule has 5 nitrogen and oxygen atoms in total. The lowest BCUT2D eigenvalue weighted by atomic mass is 10.00. The smallest absolute Gasteiger partial charge is 0.249 e. The van der Waals surface area contributed by atoms with Crippen molar-refractivity contribution in [3.63, 3.8) is 0 Å². The molecule has 1 saturated heterocycles. The number of nitrogens with zero attached hydrogens (tertiary/aromatic N) is 1. The van der Waals surface area contributed by atoms with Gasteiger partial charge in [-0.25, -0.2) is 0 Å². The zero-order chi connectivity index (χ0) is 16.4. The molecule has 0 spiro atoms. The van der Waals surface area contributed by atoms with Crippen LogP contribution in [0.3, 0.4) is 0 Å². The lowest BCUT2D eigenvalue weighted by molar-refractivity contribution is -0.130. The summed E-state index contributed by atoms with van der Waals surface area (Å²) in [6.45, 7) is 0.623. The lowest BCUT2D eigenvalue weighted by Crippen LogP contribution is -2.54. The third-order valence-corrected chi connectivity index (χ3v) is 5.12. The molecule has 1 saturated carbocycles. The van der Waals surface area contributed by atoms with E-state index in [9.17, 15) is 9.59 Å². The van der Waals surface area contributed by atoms with Crippen molar-refractivity contribution in [1.29, 1.82) is 0 Å². The standard InChI is InChI=1S/C17H22ClN3O2.ClH/c18-12-6-1-2-9-15(12)21-10-4-8-14(17(21)23)20-16(22)11-5-3-7-13(11)19;/h1-2,6,9,11,13-14H,3-5,7-8,10,19H2,(H,20,22);1H. The Balaban J connectivity index is 0.00000208. The molecule has 3 N–H and O–H groups in total. The predicted octanol–water partition coefficient (Wildman–Crippen LogP) is 2.50. The maximum Gasteiger partial charge on any atom is 0.249 e. The number of amides is 2. The topological polar surface area (TPSA) is 75.4 Å². The van der Waals surface area contributed by atoms with E-state index in [0.717, 1.165) is 25.7 Å². The Labute approximate surface area is 153 Å². The second-order valence-electron chi connectivity index (χ2n) is 6.35. The predicted molar refractivity (Wildman–Crippen MR) is 97.5 cm³/mol. The molecule has 1 aromatic carbocycles. The highest BCUT2D eigenvalue weighted by Crippen LogP contribution is 2.29. The highest BCUT2D eigenvalue weighted by atomic mass is 35.5. The first kappa shape index (κ1) is 19.0. The van der Waals surface area contributed by atoms with Crippen LogP contribution in [0.25, 0.3) is 0 Å². The van der Waals surface area contributed by atoms with Crippen molar-refractivity contribution >= 4 is 41.5 Å². The molecule has 1 aliphatic heterocycles. The number of halogens is 2. The Morgan fingerprint density at radius 2 is 1.96 bits per heavy atom. The summed E-state index contributed by atoms with van der Waals surface area (Å²) < 4.78 is 0. The molecule has 1 aliphatic carbocycles. The minimum atomic E-state index is -0.486. The zero-order valence-electron chi connectivity index (χ0n) is 13.4. The number of hydrogen-bond acceptors (Lipinski definition) is 3. The van der Waals surface area contributed by atoms with E-state index in [0.29, 0.717) is 23.7 Å². The van der Waals surface area contributed by atoms with Crippen LogP contribution in [0.15, 0.2) is 24.3 Å². The number of anilines is 1. The van der Waals surface area contributed by atoms with E-state index in [1.165, 1.54) is 0 Å². The largest absolute Gasteiger partial charge is 0.344 e. The van der Waals surface area contributed by atoms with Crippen molar-refractivity contribution in [3.8, 4) is 0 Å². The van der Waals surface area contributed by atoms with Crippen LogP contribution in [0.4, 0.5) is 5.69 Å². The molecule has 2 fully saturated rings. The Bertz CT molecular complexity index is 611. The van der Waals surface area contributed by atoms with Crippen molar-refractivity contribution in [3.05, 3.63) is 29.3 Å². The van der Waals surface area contributed by atoms with Crippen LogP contribution in [-0.4, -0.2) is 30.4 Å². The van der Waals surface area contributed by atoms with Crippen LogP contribution in [0.2, 0.25) is 5.02 Å². The molecule has 3 atom stereocenters. The van der Waals surface area contributed by atoms with Gasteiger partial charge in [0.2, 0.25) is 11.8 Å². The maximum atomic E-state index is 12.7. The van der Waals surface area contributed by atoms with E-state index in [4.69, 9.17) is 17.3 Å². The zero-order valence-corrected chi connectivity index (χ0v) is 15.0. The molecule has 0 bridgehead atoms. The van der Waals surface area contributed by atoms with Gasteiger partial charge in [0.1, 0.15) is 6.04 Å².